The van der Waals surface area contributed by atoms with Crippen molar-refractivity contribution < 1.29 is 9.59 Å². The van der Waals surface area contributed by atoms with E-state index in [9.17, 15) is 9.59 Å². The van der Waals surface area contributed by atoms with E-state index in [-0.39, 0.29) is 12.6 Å². The maximum absolute atomic E-state index is 11.6. The first-order chi connectivity index (χ1) is 10.6. The van der Waals surface area contributed by atoms with Crippen LogP contribution in [0.25, 0.3) is 0 Å². The summed E-state index contributed by atoms with van der Waals surface area (Å²) in [6.45, 7) is 0.0231. The molecular weight excluding hydrogens is 278 g/mol. The number of amides is 3. The van der Waals surface area contributed by atoms with Crippen LogP contribution in [-0.4, -0.2) is 18.5 Å². The maximum Gasteiger partial charge on any atom is 0.318 e. The van der Waals surface area contributed by atoms with Gasteiger partial charge in [-0.2, -0.15) is 0 Å². The zero-order valence-electron chi connectivity index (χ0n) is 12.2. The highest BCUT2D eigenvalue weighted by molar-refractivity contribution is 5.94. The number of rotatable bonds is 6. The lowest BCUT2D eigenvalue weighted by molar-refractivity contribution is -0.119. The van der Waals surface area contributed by atoms with E-state index in [0.29, 0.717) is 0 Å². The molecule has 114 valence electrons. The lowest BCUT2D eigenvalue weighted by atomic mass is 9.99. The Morgan fingerprint density at radius 2 is 1.55 bits per heavy atom. The van der Waals surface area contributed by atoms with Crippen molar-refractivity contribution in [2.45, 2.75) is 12.5 Å². The molecule has 2 aromatic carbocycles. The summed E-state index contributed by atoms with van der Waals surface area (Å²) in [5.74, 6) is -0.443. The van der Waals surface area contributed by atoms with E-state index in [4.69, 9.17) is 5.73 Å². The molecule has 0 bridgehead atoms. The molecule has 2 aromatic rings. The Kier molecular flexibility index (Phi) is 5.68. The third-order valence-corrected chi connectivity index (χ3v) is 3.26. The van der Waals surface area contributed by atoms with Crippen molar-refractivity contribution in [1.29, 1.82) is 0 Å². The van der Waals surface area contributed by atoms with E-state index < -0.39 is 11.9 Å². The molecule has 4 N–H and O–H groups in total. The fourth-order valence-corrected chi connectivity index (χ4v) is 2.24. The Labute approximate surface area is 129 Å². The number of urea groups is 1. The number of nitrogens with one attached hydrogen (secondary N) is 2. The Bertz CT molecular complexity index is 614. The predicted octanol–water partition coefficient (Wildman–Crippen LogP) is 1.75. The number of nitrogens with two attached hydrogens (primary N) is 1. The first-order valence-corrected chi connectivity index (χ1v) is 7.06. The van der Waals surface area contributed by atoms with Crippen LogP contribution in [0.1, 0.15) is 17.2 Å². The van der Waals surface area contributed by atoms with Gasteiger partial charge in [0.15, 0.2) is 0 Å². The summed E-state index contributed by atoms with van der Waals surface area (Å²) < 4.78 is 0. The van der Waals surface area contributed by atoms with Gasteiger partial charge in [0, 0.05) is 6.04 Å². The van der Waals surface area contributed by atoms with Crippen LogP contribution in [0.5, 0.6) is 0 Å². The van der Waals surface area contributed by atoms with Gasteiger partial charge < -0.3 is 11.1 Å². The second-order valence-corrected chi connectivity index (χ2v) is 4.95. The van der Waals surface area contributed by atoms with E-state index >= 15 is 0 Å². The van der Waals surface area contributed by atoms with Gasteiger partial charge in [0.05, 0.1) is 6.54 Å². The second-order valence-electron chi connectivity index (χ2n) is 4.95. The highest BCUT2D eigenvalue weighted by atomic mass is 16.2. The SMILES string of the molecule is NC(=O)NC(=O)CNC(Cc1ccccc1)c1ccccc1. The standard InChI is InChI=1S/C17H19N3O2/c18-17(22)20-16(21)12-19-15(14-9-5-2-6-10-14)11-13-7-3-1-4-8-13/h1-10,15,19H,11-12H2,(H3,18,20,21,22). The van der Waals surface area contributed by atoms with Crippen LogP contribution in [0.2, 0.25) is 0 Å². The summed E-state index contributed by atoms with van der Waals surface area (Å²) in [7, 11) is 0. The van der Waals surface area contributed by atoms with Gasteiger partial charge in [-0.3, -0.25) is 10.1 Å². The molecule has 0 aliphatic carbocycles. The molecule has 5 heteroatoms. The van der Waals surface area contributed by atoms with E-state index in [2.05, 4.69) is 10.6 Å². The quantitative estimate of drug-likeness (QED) is 0.759. The summed E-state index contributed by atoms with van der Waals surface area (Å²) in [5, 5.41) is 5.22. The van der Waals surface area contributed by atoms with Crippen LogP contribution >= 0.6 is 0 Å². The first-order valence-electron chi connectivity index (χ1n) is 7.06. The highest BCUT2D eigenvalue weighted by Gasteiger charge is 2.14. The molecule has 0 radical (unpaired) electrons. The minimum absolute atomic E-state index is 0.0231. The number of carbonyl (C=O) groups is 2. The van der Waals surface area contributed by atoms with E-state index in [1.165, 1.54) is 5.56 Å². The average molecular weight is 297 g/mol. The van der Waals surface area contributed by atoms with Crippen molar-refractivity contribution in [1.82, 2.24) is 10.6 Å². The lowest BCUT2D eigenvalue weighted by Gasteiger charge is -2.19. The smallest absolute Gasteiger partial charge is 0.318 e. The number of hydrogen-bond acceptors (Lipinski definition) is 3. The predicted molar refractivity (Wildman–Crippen MR) is 85.1 cm³/mol. The number of benzene rings is 2. The fraction of sp³-hybridized carbons (Fsp3) is 0.176. The van der Waals surface area contributed by atoms with Crippen LogP contribution in [0.15, 0.2) is 60.7 Å². The van der Waals surface area contributed by atoms with Gasteiger partial charge in [0.25, 0.3) is 0 Å². The van der Waals surface area contributed by atoms with Gasteiger partial charge in [0.1, 0.15) is 0 Å². The highest BCUT2D eigenvalue weighted by Crippen LogP contribution is 2.18. The van der Waals surface area contributed by atoms with Crippen molar-refractivity contribution >= 4 is 11.9 Å². The van der Waals surface area contributed by atoms with Gasteiger partial charge in [0.2, 0.25) is 5.91 Å². The molecule has 1 unspecified atom stereocenters. The Balaban J connectivity index is 2.05. The summed E-state index contributed by atoms with van der Waals surface area (Å²) in [6.07, 6.45) is 0.745. The summed E-state index contributed by atoms with van der Waals surface area (Å²) >= 11 is 0. The molecule has 0 saturated heterocycles. The van der Waals surface area contributed by atoms with Crippen molar-refractivity contribution in [3.63, 3.8) is 0 Å². The molecular formula is C17H19N3O2. The molecule has 0 aromatic heterocycles. The molecule has 0 aliphatic rings. The minimum atomic E-state index is -0.842. The second kappa shape index (κ2) is 7.95. The topological polar surface area (TPSA) is 84.2 Å². The normalized spacial score (nSPS) is 11.6. The molecule has 0 saturated carbocycles. The van der Waals surface area contributed by atoms with Crippen LogP contribution < -0.4 is 16.4 Å². The number of carbonyl (C=O) groups excluding carboxylic acids is 2. The van der Waals surface area contributed by atoms with Crippen molar-refractivity contribution in [2.24, 2.45) is 5.73 Å². The molecule has 2 rings (SSSR count). The molecule has 0 aliphatic heterocycles. The monoisotopic (exact) mass is 297 g/mol. The van der Waals surface area contributed by atoms with E-state index in [0.717, 1.165) is 12.0 Å². The van der Waals surface area contributed by atoms with Gasteiger partial charge in [-0.15, -0.1) is 0 Å². The van der Waals surface area contributed by atoms with Crippen molar-refractivity contribution in [3.8, 4) is 0 Å². The zero-order chi connectivity index (χ0) is 15.8. The van der Waals surface area contributed by atoms with E-state index in [1.54, 1.807) is 0 Å². The van der Waals surface area contributed by atoms with E-state index in [1.807, 2.05) is 60.7 Å². The third kappa shape index (κ3) is 5.03. The van der Waals surface area contributed by atoms with Crippen LogP contribution in [-0.2, 0) is 11.2 Å². The van der Waals surface area contributed by atoms with Crippen LogP contribution in [0.4, 0.5) is 4.79 Å². The average Bonchev–Trinajstić information content (AvgIpc) is 2.52. The lowest BCUT2D eigenvalue weighted by Crippen LogP contribution is -2.41. The fourth-order valence-electron chi connectivity index (χ4n) is 2.24. The third-order valence-electron chi connectivity index (χ3n) is 3.26. The number of imide groups is 1. The zero-order valence-corrected chi connectivity index (χ0v) is 12.2. The Morgan fingerprint density at radius 3 is 2.14 bits per heavy atom. The molecule has 0 spiro atoms. The Morgan fingerprint density at radius 1 is 0.955 bits per heavy atom. The van der Waals surface area contributed by atoms with Gasteiger partial charge in [-0.25, -0.2) is 4.79 Å². The summed E-state index contributed by atoms with van der Waals surface area (Å²) in [5.41, 5.74) is 7.18. The van der Waals surface area contributed by atoms with Gasteiger partial charge in [-0.05, 0) is 17.5 Å². The van der Waals surface area contributed by atoms with Gasteiger partial charge >= 0.3 is 6.03 Å². The molecule has 5 nitrogen and oxygen atoms in total. The molecule has 0 heterocycles. The molecule has 22 heavy (non-hydrogen) atoms. The van der Waals surface area contributed by atoms with Crippen molar-refractivity contribution in [3.05, 3.63) is 71.8 Å². The van der Waals surface area contributed by atoms with Crippen molar-refractivity contribution in [2.75, 3.05) is 6.54 Å². The Hall–Kier alpha value is -2.66. The van der Waals surface area contributed by atoms with Crippen LogP contribution in [0.3, 0.4) is 0 Å². The minimum Gasteiger partial charge on any atom is -0.351 e. The first kappa shape index (κ1) is 15.7. The summed E-state index contributed by atoms with van der Waals surface area (Å²) in [4.78, 5) is 22.2. The maximum atomic E-state index is 11.6. The number of hydrogen-bond donors (Lipinski definition) is 3. The molecule has 0 fully saturated rings. The molecule has 3 amide bonds. The molecule has 1 atom stereocenters. The number of primary amides is 1. The van der Waals surface area contributed by atoms with Gasteiger partial charge in [-0.1, -0.05) is 60.7 Å². The summed E-state index contributed by atoms with van der Waals surface area (Å²) in [6, 6.07) is 19.0. The van der Waals surface area contributed by atoms with Crippen LogP contribution in [0, 0.1) is 0 Å². The largest absolute Gasteiger partial charge is 0.351 e.